The zero-order chi connectivity index (χ0) is 17.6. The van der Waals surface area contributed by atoms with Crippen LogP contribution in [0.3, 0.4) is 0 Å². The van der Waals surface area contributed by atoms with E-state index in [1.54, 1.807) is 28.1 Å². The number of piperazine rings is 1. The van der Waals surface area contributed by atoms with Crippen molar-refractivity contribution in [3.8, 4) is 5.88 Å². The van der Waals surface area contributed by atoms with Gasteiger partial charge < -0.3 is 24.6 Å². The van der Waals surface area contributed by atoms with Crippen LogP contribution in [0.25, 0.3) is 0 Å². The molecule has 0 saturated carbocycles. The lowest BCUT2D eigenvalue weighted by Gasteiger charge is -2.35. The molecule has 0 aromatic carbocycles. The maximum atomic E-state index is 12.5. The lowest BCUT2D eigenvalue weighted by molar-refractivity contribution is -0.142. The summed E-state index contributed by atoms with van der Waals surface area (Å²) in [6, 6.07) is 3.29. The van der Waals surface area contributed by atoms with Gasteiger partial charge in [-0.2, -0.15) is 0 Å². The highest BCUT2D eigenvalue weighted by Gasteiger charge is 2.31. The Balaban J connectivity index is 1.52. The molecule has 0 bridgehead atoms. The Labute approximate surface area is 147 Å². The number of nitrogens with one attached hydrogen (secondary N) is 1. The van der Waals surface area contributed by atoms with Gasteiger partial charge in [-0.1, -0.05) is 0 Å². The van der Waals surface area contributed by atoms with E-state index < -0.39 is 0 Å². The van der Waals surface area contributed by atoms with Gasteiger partial charge in [-0.25, -0.2) is 9.78 Å². The van der Waals surface area contributed by atoms with Crippen molar-refractivity contribution in [1.82, 2.24) is 14.8 Å². The van der Waals surface area contributed by atoms with Crippen molar-refractivity contribution in [2.24, 2.45) is 0 Å². The fourth-order valence-electron chi connectivity index (χ4n) is 3.04. The Morgan fingerprint density at radius 1 is 1.32 bits per heavy atom. The molecule has 8 nitrogen and oxygen atoms in total. The summed E-state index contributed by atoms with van der Waals surface area (Å²) in [5, 5.41) is 2.84. The normalized spacial score (nSPS) is 20.4. The van der Waals surface area contributed by atoms with E-state index in [-0.39, 0.29) is 18.0 Å². The average molecular weight is 348 g/mol. The van der Waals surface area contributed by atoms with Crippen molar-refractivity contribution in [2.75, 3.05) is 44.7 Å². The zero-order valence-electron chi connectivity index (χ0n) is 14.4. The molecule has 2 aliphatic heterocycles. The number of rotatable bonds is 4. The van der Waals surface area contributed by atoms with Gasteiger partial charge in [0.1, 0.15) is 11.8 Å². The Morgan fingerprint density at radius 2 is 2.08 bits per heavy atom. The van der Waals surface area contributed by atoms with Crippen molar-refractivity contribution < 1.29 is 19.1 Å². The minimum absolute atomic E-state index is 0.0449. The van der Waals surface area contributed by atoms with Crippen LogP contribution in [0.15, 0.2) is 18.3 Å². The first-order valence-electron chi connectivity index (χ1n) is 8.73. The second-order valence-corrected chi connectivity index (χ2v) is 6.03. The van der Waals surface area contributed by atoms with E-state index in [4.69, 9.17) is 9.47 Å². The highest BCUT2D eigenvalue weighted by molar-refractivity contribution is 5.91. The van der Waals surface area contributed by atoms with Crippen LogP contribution in [-0.4, -0.2) is 72.2 Å². The summed E-state index contributed by atoms with van der Waals surface area (Å²) < 4.78 is 10.9. The average Bonchev–Trinajstić information content (AvgIpc) is 3.18. The first-order valence-corrected chi connectivity index (χ1v) is 8.73. The van der Waals surface area contributed by atoms with E-state index in [1.807, 2.05) is 6.92 Å². The Kier molecular flexibility index (Phi) is 5.70. The van der Waals surface area contributed by atoms with Gasteiger partial charge in [0, 0.05) is 39.0 Å². The number of amides is 3. The maximum absolute atomic E-state index is 12.5. The molecule has 25 heavy (non-hydrogen) atoms. The van der Waals surface area contributed by atoms with Crippen molar-refractivity contribution >= 4 is 17.6 Å². The summed E-state index contributed by atoms with van der Waals surface area (Å²) in [6.07, 6.45) is 3.05. The number of urea groups is 1. The Morgan fingerprint density at radius 3 is 2.76 bits per heavy atom. The molecular weight excluding hydrogens is 324 g/mol. The lowest BCUT2D eigenvalue weighted by atomic mass is 10.2. The Hall–Kier alpha value is -2.35. The van der Waals surface area contributed by atoms with Gasteiger partial charge in [-0.05, 0) is 31.9 Å². The van der Waals surface area contributed by atoms with Gasteiger partial charge in [0.05, 0.1) is 6.61 Å². The third-order valence-electron chi connectivity index (χ3n) is 4.38. The summed E-state index contributed by atoms with van der Waals surface area (Å²) in [5.74, 6) is 0.453. The number of carbonyl (C=O) groups is 2. The standard InChI is InChI=1S/C17H24N4O4/c1-2-24-15-13(5-3-7-18-15)19-17(23)21-10-8-20(9-11-21)16(22)14-6-4-12-25-14/h3,5,7,14H,2,4,6,8-12H2,1H3,(H,19,23). The molecule has 8 heteroatoms. The number of pyridine rings is 1. The molecule has 1 aromatic rings. The van der Waals surface area contributed by atoms with Crippen molar-refractivity contribution in [2.45, 2.75) is 25.9 Å². The first-order chi connectivity index (χ1) is 12.2. The van der Waals surface area contributed by atoms with Crippen molar-refractivity contribution in [3.63, 3.8) is 0 Å². The minimum atomic E-state index is -0.301. The molecule has 3 heterocycles. The summed E-state index contributed by atoms with van der Waals surface area (Å²) in [6.45, 7) is 5.04. The molecule has 2 aliphatic rings. The fraction of sp³-hybridized carbons (Fsp3) is 0.588. The molecule has 2 fully saturated rings. The summed E-state index contributed by atoms with van der Waals surface area (Å²) in [5.41, 5.74) is 0.548. The predicted molar refractivity (Wildman–Crippen MR) is 91.6 cm³/mol. The van der Waals surface area contributed by atoms with Gasteiger partial charge in [0.15, 0.2) is 0 Å². The summed E-state index contributed by atoms with van der Waals surface area (Å²) in [4.78, 5) is 32.4. The second kappa shape index (κ2) is 8.15. The topological polar surface area (TPSA) is 84.0 Å². The quantitative estimate of drug-likeness (QED) is 0.888. The van der Waals surface area contributed by atoms with Crippen LogP contribution in [0.1, 0.15) is 19.8 Å². The molecular formula is C17H24N4O4. The van der Waals surface area contributed by atoms with Crippen LogP contribution >= 0.6 is 0 Å². The highest BCUT2D eigenvalue weighted by atomic mass is 16.5. The monoisotopic (exact) mass is 348 g/mol. The maximum Gasteiger partial charge on any atom is 0.322 e. The van der Waals surface area contributed by atoms with Gasteiger partial charge in [0.2, 0.25) is 5.88 Å². The number of hydrogen-bond donors (Lipinski definition) is 1. The molecule has 3 amide bonds. The van der Waals surface area contributed by atoms with Crippen LogP contribution in [0.4, 0.5) is 10.5 Å². The van der Waals surface area contributed by atoms with Crippen molar-refractivity contribution in [1.29, 1.82) is 0 Å². The second-order valence-electron chi connectivity index (χ2n) is 6.03. The van der Waals surface area contributed by atoms with Crippen LogP contribution in [0.5, 0.6) is 5.88 Å². The van der Waals surface area contributed by atoms with E-state index in [1.165, 1.54) is 0 Å². The smallest absolute Gasteiger partial charge is 0.322 e. The van der Waals surface area contributed by atoms with Crippen LogP contribution in [0.2, 0.25) is 0 Å². The van der Waals surface area contributed by atoms with Gasteiger partial charge in [-0.15, -0.1) is 0 Å². The lowest BCUT2D eigenvalue weighted by Crippen LogP contribution is -2.53. The molecule has 1 aromatic heterocycles. The molecule has 136 valence electrons. The largest absolute Gasteiger partial charge is 0.476 e. The summed E-state index contributed by atoms with van der Waals surface area (Å²) in [7, 11) is 0. The number of carbonyl (C=O) groups excluding carboxylic acids is 2. The third kappa shape index (κ3) is 4.19. The third-order valence-corrected chi connectivity index (χ3v) is 4.38. The molecule has 1 atom stereocenters. The molecule has 1 unspecified atom stereocenters. The number of hydrogen-bond acceptors (Lipinski definition) is 5. The minimum Gasteiger partial charge on any atom is -0.476 e. The number of ether oxygens (including phenoxy) is 2. The summed E-state index contributed by atoms with van der Waals surface area (Å²) >= 11 is 0. The number of anilines is 1. The van der Waals surface area contributed by atoms with E-state index in [9.17, 15) is 9.59 Å². The first kappa shape index (κ1) is 17.5. The van der Waals surface area contributed by atoms with E-state index in [0.29, 0.717) is 51.0 Å². The van der Waals surface area contributed by atoms with Crippen LogP contribution < -0.4 is 10.1 Å². The Bertz CT molecular complexity index is 610. The predicted octanol–water partition coefficient (Wildman–Crippen LogP) is 1.34. The van der Waals surface area contributed by atoms with Crippen LogP contribution in [0, 0.1) is 0 Å². The van der Waals surface area contributed by atoms with E-state index >= 15 is 0 Å². The van der Waals surface area contributed by atoms with Gasteiger partial charge in [-0.3, -0.25) is 4.79 Å². The molecule has 1 N–H and O–H groups in total. The highest BCUT2D eigenvalue weighted by Crippen LogP contribution is 2.21. The van der Waals surface area contributed by atoms with Crippen LogP contribution in [-0.2, 0) is 9.53 Å². The number of nitrogens with zero attached hydrogens (tertiary/aromatic N) is 3. The molecule has 0 aliphatic carbocycles. The van der Waals surface area contributed by atoms with Gasteiger partial charge in [0.25, 0.3) is 5.91 Å². The molecule has 0 radical (unpaired) electrons. The molecule has 3 rings (SSSR count). The fourth-order valence-corrected chi connectivity index (χ4v) is 3.04. The molecule has 2 saturated heterocycles. The van der Waals surface area contributed by atoms with Gasteiger partial charge >= 0.3 is 6.03 Å². The molecule has 0 spiro atoms. The van der Waals surface area contributed by atoms with Crippen molar-refractivity contribution in [3.05, 3.63) is 18.3 Å². The van der Waals surface area contributed by atoms with E-state index in [2.05, 4.69) is 10.3 Å². The van der Waals surface area contributed by atoms with E-state index in [0.717, 1.165) is 12.8 Å². The zero-order valence-corrected chi connectivity index (χ0v) is 14.4. The number of aromatic nitrogens is 1. The SMILES string of the molecule is CCOc1ncccc1NC(=O)N1CCN(C(=O)C2CCCO2)CC1.